The Morgan fingerprint density at radius 2 is 1.98 bits per heavy atom. The molecule has 1 saturated carbocycles. The second-order valence-electron chi connectivity index (χ2n) is 11.3. The topological polar surface area (TPSA) is 118 Å². The quantitative estimate of drug-likeness (QED) is 0.153. The van der Waals surface area contributed by atoms with Crippen molar-refractivity contribution in [3.8, 4) is 28.1 Å². The molecule has 206 valence electrons. The summed E-state index contributed by atoms with van der Waals surface area (Å²) in [6.07, 6.45) is 4.45. The lowest BCUT2D eigenvalue weighted by atomic mass is 9.60. The van der Waals surface area contributed by atoms with E-state index in [1.54, 1.807) is 12.1 Å². The van der Waals surface area contributed by atoms with E-state index in [0.717, 1.165) is 59.7 Å². The van der Waals surface area contributed by atoms with Crippen LogP contribution in [0, 0.1) is 24.7 Å². The minimum absolute atomic E-state index is 0.0252. The number of carbonyl (C=O) groups is 2. The van der Waals surface area contributed by atoms with Gasteiger partial charge in [-0.2, -0.15) is 5.10 Å². The molecule has 0 radical (unpaired) electrons. The number of nitrogen functional groups attached to an aromatic ring is 1. The smallest absolute Gasteiger partial charge is 0.330 e. The molecule has 9 nitrogen and oxygen atoms in total. The van der Waals surface area contributed by atoms with Gasteiger partial charge in [-0.15, -0.1) is 0 Å². The number of likely N-dealkylation sites (N-methyl/N-ethyl adjacent to an activating group) is 1. The van der Waals surface area contributed by atoms with Crippen LogP contribution < -0.4 is 15.4 Å². The van der Waals surface area contributed by atoms with Gasteiger partial charge in [0.25, 0.3) is 0 Å². The number of hydrogen-bond donors (Lipinski definition) is 2. The van der Waals surface area contributed by atoms with Gasteiger partial charge < -0.3 is 25.7 Å². The van der Waals surface area contributed by atoms with E-state index < -0.39 is 0 Å². The van der Waals surface area contributed by atoms with E-state index >= 15 is 0 Å². The molecule has 2 aromatic carbocycles. The molecule has 10 heteroatoms. The summed E-state index contributed by atoms with van der Waals surface area (Å²) in [5.74, 6) is 0.176. The molecule has 0 unspecified atom stereocenters. The molecule has 1 amide bonds. The maximum Gasteiger partial charge on any atom is 0.330 e. The highest BCUT2D eigenvalue weighted by Gasteiger charge is 2.54. The summed E-state index contributed by atoms with van der Waals surface area (Å²) in [6, 6.07) is 7.61. The molecule has 1 aromatic heterocycles. The lowest BCUT2D eigenvalue weighted by Crippen LogP contribution is -2.63. The second kappa shape index (κ2) is 9.23. The van der Waals surface area contributed by atoms with E-state index in [1.165, 1.54) is 12.3 Å². The first kappa shape index (κ1) is 26.1. The van der Waals surface area contributed by atoms with E-state index in [1.807, 2.05) is 42.8 Å². The predicted molar refractivity (Wildman–Crippen MR) is 156 cm³/mol. The number of esters is 1. The average molecular weight is 559 g/mol. The van der Waals surface area contributed by atoms with Gasteiger partial charge in [0.05, 0.1) is 16.8 Å². The van der Waals surface area contributed by atoms with Crippen LogP contribution in [-0.4, -0.2) is 59.5 Å². The Morgan fingerprint density at radius 3 is 2.65 bits per heavy atom. The molecule has 0 atom stereocenters. The number of hydrogen-bond acceptors (Lipinski definition) is 7. The number of aryl methyl sites for hydroxylation is 1. The Kier molecular flexibility index (Phi) is 6.03. The second-order valence-corrected chi connectivity index (χ2v) is 11.6. The van der Waals surface area contributed by atoms with E-state index in [-0.39, 0.29) is 29.9 Å². The Hall–Kier alpha value is -4.11. The van der Waals surface area contributed by atoms with Crippen molar-refractivity contribution in [2.45, 2.75) is 32.7 Å². The largest absolute Gasteiger partial charge is 0.423 e. The van der Waals surface area contributed by atoms with Crippen molar-refractivity contribution in [3.05, 3.63) is 58.8 Å². The van der Waals surface area contributed by atoms with Crippen molar-refractivity contribution in [1.29, 1.82) is 5.41 Å². The molecule has 3 aromatic rings. The molecule has 6 rings (SSSR count). The Morgan fingerprint density at radius 1 is 1.25 bits per heavy atom. The van der Waals surface area contributed by atoms with Crippen LogP contribution in [0.3, 0.4) is 0 Å². The van der Waals surface area contributed by atoms with Gasteiger partial charge in [-0.25, -0.2) is 4.79 Å². The predicted octanol–water partition coefficient (Wildman–Crippen LogP) is 4.77. The summed E-state index contributed by atoms with van der Waals surface area (Å²) < 4.78 is 7.53. The van der Waals surface area contributed by atoms with Crippen molar-refractivity contribution in [3.63, 3.8) is 0 Å². The van der Waals surface area contributed by atoms with Crippen LogP contribution in [0.5, 0.6) is 5.75 Å². The summed E-state index contributed by atoms with van der Waals surface area (Å²) in [6.45, 7) is 9.16. The number of anilines is 2. The zero-order valence-corrected chi connectivity index (χ0v) is 23.5. The number of rotatable bonds is 5. The van der Waals surface area contributed by atoms with Crippen molar-refractivity contribution in [2.24, 2.45) is 5.41 Å². The number of nitrogens with zero attached hydrogens (tertiary/aromatic N) is 4. The molecule has 1 saturated heterocycles. The third kappa shape index (κ3) is 3.91. The SMILES string of the molecule is C=CC(=O)N1CC2(CC(n3nc(-c4ccc5c(c4)N(C)CC(=O)O5)c(-c4c(Cl)c(C)cc(N)c4C=N)c3C)C2)C1. The van der Waals surface area contributed by atoms with Crippen molar-refractivity contribution < 1.29 is 14.3 Å². The number of ether oxygens (including phenoxy) is 1. The Balaban J connectivity index is 1.47. The number of likely N-dealkylation sites (tertiary alicyclic amines) is 1. The Bertz CT molecular complexity index is 1610. The fraction of sp³-hybridized carbons (Fsp3) is 0.333. The van der Waals surface area contributed by atoms with Crippen molar-refractivity contribution in [2.75, 3.05) is 37.3 Å². The van der Waals surface area contributed by atoms with Gasteiger partial charge in [0.15, 0.2) is 5.75 Å². The molecule has 1 spiro atoms. The summed E-state index contributed by atoms with van der Waals surface area (Å²) in [4.78, 5) is 27.7. The Labute approximate surface area is 237 Å². The van der Waals surface area contributed by atoms with E-state index in [0.29, 0.717) is 27.6 Å². The van der Waals surface area contributed by atoms with Crippen LogP contribution in [-0.2, 0) is 9.59 Å². The first-order valence-electron chi connectivity index (χ1n) is 13.2. The summed E-state index contributed by atoms with van der Waals surface area (Å²) in [5, 5.41) is 13.9. The molecule has 2 fully saturated rings. The van der Waals surface area contributed by atoms with Crippen LogP contribution in [0.1, 0.15) is 35.7 Å². The minimum Gasteiger partial charge on any atom is -0.423 e. The molecule has 2 aliphatic heterocycles. The number of halogens is 1. The number of carbonyl (C=O) groups excluding carboxylic acids is 2. The maximum atomic E-state index is 12.0. The lowest BCUT2D eigenvalue weighted by molar-refractivity contribution is -0.149. The fourth-order valence-electron chi connectivity index (χ4n) is 6.51. The van der Waals surface area contributed by atoms with Crippen LogP contribution in [0.4, 0.5) is 11.4 Å². The van der Waals surface area contributed by atoms with Gasteiger partial charge in [0.1, 0.15) is 12.2 Å². The van der Waals surface area contributed by atoms with Gasteiger partial charge in [-0.3, -0.25) is 9.48 Å². The van der Waals surface area contributed by atoms with Gasteiger partial charge in [0, 0.05) is 65.4 Å². The fourth-order valence-corrected chi connectivity index (χ4v) is 6.76. The van der Waals surface area contributed by atoms with Gasteiger partial charge in [-0.1, -0.05) is 18.2 Å². The third-order valence-corrected chi connectivity index (χ3v) is 9.01. The highest BCUT2D eigenvalue weighted by atomic mass is 35.5. The zero-order chi connectivity index (χ0) is 28.5. The molecular weight excluding hydrogens is 528 g/mol. The lowest BCUT2D eigenvalue weighted by Gasteiger charge is -2.58. The standard InChI is InChI=1S/C30H31ClN6O3/c1-5-24(38)36-14-30(15-36)10-19(11-30)37-17(3)26(27-20(12-32)21(33)8-16(2)28(27)31)29(34-37)18-6-7-23-22(9-18)35(4)13-25(39)40-23/h5-9,12,19,32H,1,10-11,13-15,33H2,2-4H3. The van der Waals surface area contributed by atoms with Crippen LogP contribution in [0.25, 0.3) is 22.4 Å². The molecule has 1 aliphatic carbocycles. The van der Waals surface area contributed by atoms with Crippen LogP contribution >= 0.6 is 11.6 Å². The maximum absolute atomic E-state index is 12.0. The first-order valence-corrected chi connectivity index (χ1v) is 13.6. The van der Waals surface area contributed by atoms with Gasteiger partial charge >= 0.3 is 5.97 Å². The molecule has 0 bridgehead atoms. The molecule has 3 N–H and O–H groups in total. The van der Waals surface area contributed by atoms with Gasteiger partial charge in [-0.05, 0) is 62.6 Å². The summed E-state index contributed by atoms with van der Waals surface area (Å²) in [7, 11) is 1.85. The average Bonchev–Trinajstić information content (AvgIpc) is 3.20. The molecular formula is C30H31ClN6O3. The molecule has 3 heterocycles. The van der Waals surface area contributed by atoms with Crippen LogP contribution in [0.15, 0.2) is 36.9 Å². The summed E-state index contributed by atoms with van der Waals surface area (Å²) >= 11 is 6.94. The van der Waals surface area contributed by atoms with Crippen LogP contribution in [0.2, 0.25) is 5.02 Å². The number of fused-ring (bicyclic) bond motifs is 1. The number of nitrogens with two attached hydrogens (primary N) is 1. The molecule has 3 aliphatic rings. The van der Waals surface area contributed by atoms with Gasteiger partial charge in [0.2, 0.25) is 5.91 Å². The molecule has 40 heavy (non-hydrogen) atoms. The van der Waals surface area contributed by atoms with Crippen molar-refractivity contribution >= 4 is 41.1 Å². The minimum atomic E-state index is -0.301. The number of benzene rings is 2. The van der Waals surface area contributed by atoms with Crippen molar-refractivity contribution in [1.82, 2.24) is 14.7 Å². The monoisotopic (exact) mass is 558 g/mol. The van der Waals surface area contributed by atoms with E-state index in [2.05, 4.69) is 11.3 Å². The first-order chi connectivity index (χ1) is 19.1. The highest BCUT2D eigenvalue weighted by molar-refractivity contribution is 6.35. The van der Waals surface area contributed by atoms with E-state index in [9.17, 15) is 9.59 Å². The number of aromatic nitrogens is 2. The normalized spacial score (nSPS) is 17.6. The third-order valence-electron chi connectivity index (χ3n) is 8.52. The number of nitrogens with one attached hydrogen (secondary N) is 1. The summed E-state index contributed by atoms with van der Waals surface area (Å²) in [5.41, 5.74) is 13.1. The zero-order valence-electron chi connectivity index (χ0n) is 22.8. The van der Waals surface area contributed by atoms with E-state index in [4.69, 9.17) is 32.6 Å². The number of amides is 1. The highest BCUT2D eigenvalue weighted by Crippen LogP contribution is 2.55.